The van der Waals surface area contributed by atoms with Gasteiger partial charge in [0, 0.05) is 31.1 Å². The maximum atomic E-state index is 12.1. The molecule has 0 aromatic carbocycles. The second-order valence-corrected chi connectivity index (χ2v) is 6.01. The van der Waals surface area contributed by atoms with Crippen molar-refractivity contribution in [3.8, 4) is 0 Å². The van der Waals surface area contributed by atoms with Crippen molar-refractivity contribution < 1.29 is 9.21 Å². The van der Waals surface area contributed by atoms with Gasteiger partial charge in [0.05, 0.1) is 12.3 Å². The van der Waals surface area contributed by atoms with Crippen LogP contribution in [0.4, 0.5) is 4.79 Å². The van der Waals surface area contributed by atoms with Crippen LogP contribution in [-0.2, 0) is 0 Å². The molecule has 1 unspecified atom stereocenters. The van der Waals surface area contributed by atoms with Gasteiger partial charge in [0.2, 0.25) is 0 Å². The number of nitrogens with zero attached hydrogens (tertiary/aromatic N) is 2. The Morgan fingerprint density at radius 3 is 2.84 bits per heavy atom. The molecule has 5 nitrogen and oxygen atoms in total. The molecule has 106 valence electrons. The van der Waals surface area contributed by atoms with Crippen molar-refractivity contribution in [1.82, 2.24) is 15.1 Å². The lowest BCUT2D eigenvalue weighted by Gasteiger charge is -2.28. The van der Waals surface area contributed by atoms with Crippen molar-refractivity contribution in [3.05, 3.63) is 24.2 Å². The van der Waals surface area contributed by atoms with Crippen molar-refractivity contribution in [2.24, 2.45) is 0 Å². The molecular formula is C13H21N3O2S. The Morgan fingerprint density at radius 1 is 1.53 bits per heavy atom. The molecule has 1 aliphatic heterocycles. The fourth-order valence-electron chi connectivity index (χ4n) is 2.08. The number of urea groups is 1. The first-order chi connectivity index (χ1) is 9.18. The summed E-state index contributed by atoms with van der Waals surface area (Å²) in [5, 5.41) is 3.00. The topological polar surface area (TPSA) is 48.7 Å². The summed E-state index contributed by atoms with van der Waals surface area (Å²) in [7, 11) is 3.97. The molecule has 2 amide bonds. The maximum absolute atomic E-state index is 12.1. The molecule has 6 heteroatoms. The third kappa shape index (κ3) is 3.91. The monoisotopic (exact) mass is 283 g/mol. The average Bonchev–Trinajstić information content (AvgIpc) is 2.93. The zero-order chi connectivity index (χ0) is 13.7. The van der Waals surface area contributed by atoms with Gasteiger partial charge in [-0.2, -0.15) is 11.8 Å². The molecule has 2 rings (SSSR count). The number of nitrogens with one attached hydrogen (secondary N) is 1. The van der Waals surface area contributed by atoms with Crippen LogP contribution in [0.25, 0.3) is 0 Å². The van der Waals surface area contributed by atoms with Crippen molar-refractivity contribution in [1.29, 1.82) is 0 Å². The number of thioether (sulfide) groups is 1. The fraction of sp³-hybridized carbons (Fsp3) is 0.615. The third-order valence-corrected chi connectivity index (χ3v) is 4.18. The van der Waals surface area contributed by atoms with Crippen LogP contribution >= 0.6 is 11.8 Å². The zero-order valence-corrected chi connectivity index (χ0v) is 12.3. The van der Waals surface area contributed by atoms with E-state index in [9.17, 15) is 4.79 Å². The van der Waals surface area contributed by atoms with Crippen molar-refractivity contribution >= 4 is 17.8 Å². The molecule has 1 aromatic heterocycles. The van der Waals surface area contributed by atoms with E-state index in [2.05, 4.69) is 5.32 Å². The Labute approximate surface area is 118 Å². The summed E-state index contributed by atoms with van der Waals surface area (Å²) in [6.07, 6.45) is 1.66. The molecule has 0 aliphatic carbocycles. The molecule has 2 heterocycles. The van der Waals surface area contributed by atoms with E-state index in [1.807, 2.05) is 47.8 Å². The number of hydrogen-bond donors (Lipinski definition) is 1. The van der Waals surface area contributed by atoms with E-state index in [1.165, 1.54) is 0 Å². The van der Waals surface area contributed by atoms with Gasteiger partial charge in [-0.1, -0.05) is 0 Å². The number of amides is 2. The molecule has 1 aromatic rings. The molecule has 1 atom stereocenters. The van der Waals surface area contributed by atoms with Crippen LogP contribution in [0, 0.1) is 0 Å². The highest BCUT2D eigenvalue weighted by Gasteiger charge is 2.21. The van der Waals surface area contributed by atoms with Gasteiger partial charge in [-0.3, -0.25) is 4.90 Å². The van der Waals surface area contributed by atoms with Crippen LogP contribution in [0.1, 0.15) is 11.8 Å². The van der Waals surface area contributed by atoms with Crippen LogP contribution in [0.2, 0.25) is 0 Å². The minimum Gasteiger partial charge on any atom is -0.468 e. The van der Waals surface area contributed by atoms with E-state index in [1.54, 1.807) is 6.26 Å². The summed E-state index contributed by atoms with van der Waals surface area (Å²) in [6.45, 7) is 2.23. The molecule has 1 N–H and O–H groups in total. The molecule has 0 radical (unpaired) electrons. The minimum absolute atomic E-state index is 0.0266. The van der Waals surface area contributed by atoms with E-state index in [4.69, 9.17) is 4.42 Å². The zero-order valence-electron chi connectivity index (χ0n) is 11.5. The van der Waals surface area contributed by atoms with Crippen LogP contribution in [-0.4, -0.2) is 61.1 Å². The summed E-state index contributed by atoms with van der Waals surface area (Å²) in [4.78, 5) is 16.0. The highest BCUT2D eigenvalue weighted by Crippen LogP contribution is 2.17. The number of carbonyl (C=O) groups excluding carboxylic acids is 1. The number of rotatable bonds is 4. The number of furan rings is 1. The second-order valence-electron chi connectivity index (χ2n) is 4.78. The average molecular weight is 283 g/mol. The Bertz CT molecular complexity index is 389. The van der Waals surface area contributed by atoms with Crippen LogP contribution in [0.5, 0.6) is 0 Å². The second kappa shape index (κ2) is 6.86. The first-order valence-corrected chi connectivity index (χ1v) is 7.64. The first kappa shape index (κ1) is 14.3. The fourth-order valence-corrected chi connectivity index (χ4v) is 2.98. The Kier molecular flexibility index (Phi) is 5.15. The molecular weight excluding hydrogens is 262 g/mol. The number of likely N-dealkylation sites (N-methyl/N-ethyl adjacent to an activating group) is 1. The van der Waals surface area contributed by atoms with E-state index in [0.717, 1.165) is 30.4 Å². The van der Waals surface area contributed by atoms with Crippen molar-refractivity contribution in [2.75, 3.05) is 45.2 Å². The molecule has 0 spiro atoms. The van der Waals surface area contributed by atoms with Crippen LogP contribution < -0.4 is 5.32 Å². The lowest BCUT2D eigenvalue weighted by Crippen LogP contribution is -2.46. The predicted molar refractivity (Wildman–Crippen MR) is 77.4 cm³/mol. The van der Waals surface area contributed by atoms with Crippen molar-refractivity contribution in [3.63, 3.8) is 0 Å². The van der Waals surface area contributed by atoms with Crippen LogP contribution in [0.3, 0.4) is 0 Å². The standard InChI is InChI=1S/C13H21N3O2S/c1-15(2)11(12-4-3-7-18-12)10-14-13(17)16-5-8-19-9-6-16/h3-4,7,11H,5-6,8-10H2,1-2H3,(H,14,17). The van der Waals surface area contributed by atoms with Gasteiger partial charge in [0.25, 0.3) is 0 Å². The number of carbonyl (C=O) groups is 1. The van der Waals surface area contributed by atoms with Gasteiger partial charge < -0.3 is 14.6 Å². The van der Waals surface area contributed by atoms with E-state index < -0.39 is 0 Å². The van der Waals surface area contributed by atoms with Gasteiger partial charge in [-0.05, 0) is 26.2 Å². The highest BCUT2D eigenvalue weighted by atomic mass is 32.2. The minimum atomic E-state index is 0.0266. The Hall–Kier alpha value is -1.14. The van der Waals surface area contributed by atoms with Crippen molar-refractivity contribution in [2.45, 2.75) is 6.04 Å². The largest absolute Gasteiger partial charge is 0.468 e. The van der Waals surface area contributed by atoms with E-state index in [-0.39, 0.29) is 12.1 Å². The lowest BCUT2D eigenvalue weighted by atomic mass is 10.2. The molecule has 0 saturated carbocycles. The Morgan fingerprint density at radius 2 is 2.26 bits per heavy atom. The summed E-state index contributed by atoms with van der Waals surface area (Å²) in [5.74, 6) is 2.94. The van der Waals surface area contributed by atoms with Gasteiger partial charge in [-0.25, -0.2) is 4.79 Å². The summed E-state index contributed by atoms with van der Waals surface area (Å²) >= 11 is 1.90. The van der Waals surface area contributed by atoms with E-state index in [0.29, 0.717) is 6.54 Å². The van der Waals surface area contributed by atoms with Gasteiger partial charge >= 0.3 is 6.03 Å². The summed E-state index contributed by atoms with van der Waals surface area (Å²) in [5.41, 5.74) is 0. The van der Waals surface area contributed by atoms with Crippen LogP contribution in [0.15, 0.2) is 22.8 Å². The molecule has 0 bridgehead atoms. The summed E-state index contributed by atoms with van der Waals surface area (Å²) < 4.78 is 5.42. The molecule has 1 saturated heterocycles. The predicted octanol–water partition coefficient (Wildman–Crippen LogP) is 1.64. The summed E-state index contributed by atoms with van der Waals surface area (Å²) in [6, 6.07) is 3.90. The van der Waals surface area contributed by atoms with Gasteiger partial charge in [-0.15, -0.1) is 0 Å². The SMILES string of the molecule is CN(C)C(CNC(=O)N1CCSCC1)c1ccco1. The molecule has 1 aliphatic rings. The molecule has 1 fully saturated rings. The highest BCUT2D eigenvalue weighted by molar-refractivity contribution is 7.99. The number of hydrogen-bond acceptors (Lipinski definition) is 4. The van der Waals surface area contributed by atoms with E-state index >= 15 is 0 Å². The quantitative estimate of drug-likeness (QED) is 0.912. The third-order valence-electron chi connectivity index (χ3n) is 3.24. The maximum Gasteiger partial charge on any atom is 0.317 e. The normalized spacial score (nSPS) is 17.5. The lowest BCUT2D eigenvalue weighted by molar-refractivity contribution is 0.194. The van der Waals surface area contributed by atoms with Gasteiger partial charge in [0.15, 0.2) is 0 Å². The first-order valence-electron chi connectivity index (χ1n) is 6.49. The Balaban J connectivity index is 1.86. The molecule has 19 heavy (non-hydrogen) atoms. The smallest absolute Gasteiger partial charge is 0.317 e. The van der Waals surface area contributed by atoms with Gasteiger partial charge in [0.1, 0.15) is 5.76 Å².